The van der Waals surface area contributed by atoms with Crippen LogP contribution in [0.1, 0.15) is 18.4 Å². The third-order valence-electron chi connectivity index (χ3n) is 2.80. The molecule has 0 amide bonds. The van der Waals surface area contributed by atoms with Gasteiger partial charge in [-0.05, 0) is 25.0 Å². The van der Waals surface area contributed by atoms with Gasteiger partial charge >= 0.3 is 0 Å². The van der Waals surface area contributed by atoms with Crippen LogP contribution in [0.5, 0.6) is 5.88 Å². The van der Waals surface area contributed by atoms with E-state index in [1.807, 2.05) is 0 Å². The van der Waals surface area contributed by atoms with Gasteiger partial charge in [-0.25, -0.2) is 4.98 Å². The van der Waals surface area contributed by atoms with Gasteiger partial charge in [-0.1, -0.05) is 0 Å². The lowest BCUT2D eigenvalue weighted by atomic mass is 10.1. The average Bonchev–Trinajstić information content (AvgIpc) is 3.07. The largest absolute Gasteiger partial charge is 0.476 e. The molecule has 1 aliphatic rings. The number of ether oxygens (including phenoxy) is 1. The Hall–Kier alpha value is -1.60. The van der Waals surface area contributed by atoms with Crippen molar-refractivity contribution in [2.24, 2.45) is 11.1 Å². The highest BCUT2D eigenvalue weighted by molar-refractivity contribution is 5.37. The van der Waals surface area contributed by atoms with Crippen LogP contribution in [0, 0.1) is 16.7 Å². The number of nitriles is 1. The summed E-state index contributed by atoms with van der Waals surface area (Å²) in [6, 6.07) is 5.47. The molecule has 1 saturated carbocycles. The van der Waals surface area contributed by atoms with E-state index in [9.17, 15) is 0 Å². The minimum Gasteiger partial charge on any atom is -0.476 e. The van der Waals surface area contributed by atoms with Crippen LogP contribution in [-0.4, -0.2) is 18.1 Å². The first-order chi connectivity index (χ1) is 7.29. The van der Waals surface area contributed by atoms with Gasteiger partial charge in [0.05, 0.1) is 6.61 Å². The van der Waals surface area contributed by atoms with E-state index in [1.165, 1.54) is 0 Å². The molecule has 0 unspecified atom stereocenters. The second-order valence-corrected chi connectivity index (χ2v) is 3.96. The van der Waals surface area contributed by atoms with Crippen LogP contribution in [0.25, 0.3) is 0 Å². The third-order valence-corrected chi connectivity index (χ3v) is 2.80. The van der Waals surface area contributed by atoms with Gasteiger partial charge in [-0.15, -0.1) is 0 Å². The molecule has 2 N–H and O–H groups in total. The Morgan fingerprint density at radius 2 is 2.40 bits per heavy atom. The summed E-state index contributed by atoms with van der Waals surface area (Å²) in [5.74, 6) is 0.416. The SMILES string of the molecule is N#Cc1cccnc1OCC1(CN)CC1. The standard InChI is InChI=1S/C11H13N3O/c12-6-9-2-1-5-14-10(9)15-8-11(7-13)3-4-11/h1-2,5H,3-4,7-8,13H2. The van der Waals surface area contributed by atoms with Gasteiger partial charge < -0.3 is 10.5 Å². The van der Waals surface area contributed by atoms with Crippen LogP contribution in [-0.2, 0) is 0 Å². The van der Waals surface area contributed by atoms with Crippen molar-refractivity contribution in [3.63, 3.8) is 0 Å². The van der Waals surface area contributed by atoms with E-state index in [0.717, 1.165) is 12.8 Å². The average molecular weight is 203 g/mol. The highest BCUT2D eigenvalue weighted by atomic mass is 16.5. The van der Waals surface area contributed by atoms with Gasteiger partial charge in [0.2, 0.25) is 5.88 Å². The van der Waals surface area contributed by atoms with Crippen LogP contribution in [0.3, 0.4) is 0 Å². The fourth-order valence-electron chi connectivity index (χ4n) is 1.40. The van der Waals surface area contributed by atoms with Gasteiger partial charge in [0.15, 0.2) is 0 Å². The van der Waals surface area contributed by atoms with Crippen molar-refractivity contribution in [2.45, 2.75) is 12.8 Å². The molecule has 2 rings (SSSR count). The molecule has 1 aromatic heterocycles. The summed E-state index contributed by atoms with van der Waals surface area (Å²) in [6.45, 7) is 1.21. The molecule has 0 aromatic carbocycles. The number of hydrogen-bond acceptors (Lipinski definition) is 4. The van der Waals surface area contributed by atoms with Crippen molar-refractivity contribution < 1.29 is 4.74 Å². The molecule has 1 heterocycles. The lowest BCUT2D eigenvalue weighted by molar-refractivity contribution is 0.230. The summed E-state index contributed by atoms with van der Waals surface area (Å²) >= 11 is 0. The fourth-order valence-corrected chi connectivity index (χ4v) is 1.40. The van der Waals surface area contributed by atoms with E-state index in [0.29, 0.717) is 24.6 Å². The van der Waals surface area contributed by atoms with Crippen molar-refractivity contribution in [1.29, 1.82) is 5.26 Å². The van der Waals surface area contributed by atoms with Gasteiger partial charge in [-0.2, -0.15) is 5.26 Å². The minimum atomic E-state index is 0.143. The normalized spacial score (nSPS) is 16.8. The zero-order valence-corrected chi connectivity index (χ0v) is 8.44. The molecule has 1 fully saturated rings. The minimum absolute atomic E-state index is 0.143. The van der Waals surface area contributed by atoms with Crippen LogP contribution in [0.2, 0.25) is 0 Å². The molecule has 0 saturated heterocycles. The molecule has 4 nitrogen and oxygen atoms in total. The highest BCUT2D eigenvalue weighted by Gasteiger charge is 2.42. The molecule has 0 atom stereocenters. The Morgan fingerprint density at radius 3 is 3.00 bits per heavy atom. The van der Waals surface area contributed by atoms with Gasteiger partial charge in [-0.3, -0.25) is 0 Å². The van der Waals surface area contributed by atoms with Crippen molar-refractivity contribution in [3.8, 4) is 11.9 Å². The van der Waals surface area contributed by atoms with E-state index >= 15 is 0 Å². The number of hydrogen-bond donors (Lipinski definition) is 1. The summed E-state index contributed by atoms with van der Waals surface area (Å²) in [4.78, 5) is 4.03. The lowest BCUT2D eigenvalue weighted by Gasteiger charge is -2.13. The molecule has 0 bridgehead atoms. The topological polar surface area (TPSA) is 71.9 Å². The van der Waals surface area contributed by atoms with Crippen molar-refractivity contribution in [2.75, 3.05) is 13.2 Å². The lowest BCUT2D eigenvalue weighted by Crippen LogP contribution is -2.23. The van der Waals surface area contributed by atoms with Gasteiger partial charge in [0, 0.05) is 18.2 Å². The van der Waals surface area contributed by atoms with E-state index in [-0.39, 0.29) is 5.41 Å². The zero-order chi connectivity index (χ0) is 10.7. The van der Waals surface area contributed by atoms with E-state index < -0.39 is 0 Å². The molecule has 1 aliphatic carbocycles. The van der Waals surface area contributed by atoms with E-state index in [2.05, 4.69) is 11.1 Å². The maximum atomic E-state index is 8.83. The molecule has 0 spiro atoms. The summed E-state index contributed by atoms with van der Waals surface area (Å²) < 4.78 is 5.53. The summed E-state index contributed by atoms with van der Waals surface area (Å²) in [6.07, 6.45) is 3.84. The summed E-state index contributed by atoms with van der Waals surface area (Å²) in [5, 5.41) is 8.83. The van der Waals surface area contributed by atoms with Crippen LogP contribution >= 0.6 is 0 Å². The number of pyridine rings is 1. The highest BCUT2D eigenvalue weighted by Crippen LogP contribution is 2.44. The van der Waals surface area contributed by atoms with Gasteiger partial charge in [0.1, 0.15) is 11.6 Å². The number of rotatable bonds is 4. The van der Waals surface area contributed by atoms with Gasteiger partial charge in [0.25, 0.3) is 0 Å². The molecular weight excluding hydrogens is 190 g/mol. The number of nitrogens with two attached hydrogens (primary N) is 1. The summed E-state index contributed by atoms with van der Waals surface area (Å²) in [5.41, 5.74) is 6.26. The fraction of sp³-hybridized carbons (Fsp3) is 0.455. The van der Waals surface area contributed by atoms with Crippen molar-refractivity contribution in [3.05, 3.63) is 23.9 Å². The molecular formula is C11H13N3O. The Balaban J connectivity index is 2.02. The molecule has 1 aromatic rings. The van der Waals surface area contributed by atoms with Crippen LogP contribution in [0.4, 0.5) is 0 Å². The Kier molecular flexibility index (Phi) is 2.57. The monoisotopic (exact) mass is 203 g/mol. The summed E-state index contributed by atoms with van der Waals surface area (Å²) in [7, 11) is 0. The molecule has 0 aliphatic heterocycles. The smallest absolute Gasteiger partial charge is 0.231 e. The predicted molar refractivity (Wildman–Crippen MR) is 55.2 cm³/mol. The molecule has 78 valence electrons. The molecule has 4 heteroatoms. The Labute approximate surface area is 88.7 Å². The van der Waals surface area contributed by atoms with E-state index in [1.54, 1.807) is 18.3 Å². The maximum Gasteiger partial charge on any atom is 0.231 e. The molecule has 15 heavy (non-hydrogen) atoms. The van der Waals surface area contributed by atoms with Crippen LogP contribution in [0.15, 0.2) is 18.3 Å². The second-order valence-electron chi connectivity index (χ2n) is 3.96. The first-order valence-electron chi connectivity index (χ1n) is 4.98. The third kappa shape index (κ3) is 2.08. The molecule has 0 radical (unpaired) electrons. The zero-order valence-electron chi connectivity index (χ0n) is 8.44. The Bertz CT molecular complexity index is 393. The van der Waals surface area contributed by atoms with Crippen molar-refractivity contribution in [1.82, 2.24) is 4.98 Å². The predicted octanol–water partition coefficient (Wildman–Crippen LogP) is 1.07. The first-order valence-corrected chi connectivity index (χ1v) is 4.98. The van der Waals surface area contributed by atoms with E-state index in [4.69, 9.17) is 15.7 Å². The van der Waals surface area contributed by atoms with Crippen molar-refractivity contribution >= 4 is 0 Å². The number of aromatic nitrogens is 1. The van der Waals surface area contributed by atoms with Crippen LogP contribution < -0.4 is 10.5 Å². The maximum absolute atomic E-state index is 8.83. The second kappa shape index (κ2) is 3.87. The number of nitrogens with zero attached hydrogens (tertiary/aromatic N) is 2. The first kappa shape index (κ1) is 9.94. The Morgan fingerprint density at radius 1 is 1.60 bits per heavy atom. The quantitative estimate of drug-likeness (QED) is 0.794.